The molecule has 0 aliphatic rings. The molecule has 0 bridgehead atoms. The molecule has 0 aliphatic carbocycles. The van der Waals surface area contributed by atoms with Crippen LogP contribution in [0, 0.1) is 0 Å². The summed E-state index contributed by atoms with van der Waals surface area (Å²) in [5, 5.41) is 10.7. The molecule has 1 aromatic carbocycles. The zero-order valence-electron chi connectivity index (χ0n) is 14.5. The fraction of sp³-hybridized carbons (Fsp3) is 0.450. The lowest BCUT2D eigenvalue weighted by Gasteiger charge is -2.27. The van der Waals surface area contributed by atoms with Gasteiger partial charge in [-0.3, -0.25) is 4.98 Å². The SMILES string of the molecule is CC(C)(C)c1cc([C@@H](O)c2ccccn2)cc(C(C)(C)C)c1. The van der Waals surface area contributed by atoms with Crippen molar-refractivity contribution in [2.75, 3.05) is 0 Å². The van der Waals surface area contributed by atoms with E-state index in [0.717, 1.165) is 5.56 Å². The molecule has 22 heavy (non-hydrogen) atoms. The second-order valence-corrected chi connectivity index (χ2v) is 8.00. The Bertz CT molecular complexity index is 601. The van der Waals surface area contributed by atoms with Crippen LogP contribution >= 0.6 is 0 Å². The van der Waals surface area contributed by atoms with Gasteiger partial charge in [-0.25, -0.2) is 0 Å². The number of hydrogen-bond acceptors (Lipinski definition) is 2. The molecule has 1 aromatic heterocycles. The van der Waals surface area contributed by atoms with Crippen LogP contribution < -0.4 is 0 Å². The molecule has 0 unspecified atom stereocenters. The number of benzene rings is 1. The van der Waals surface area contributed by atoms with Gasteiger partial charge >= 0.3 is 0 Å². The summed E-state index contributed by atoms with van der Waals surface area (Å²) in [5.41, 5.74) is 4.17. The van der Waals surface area contributed by atoms with E-state index in [0.29, 0.717) is 5.69 Å². The number of pyridine rings is 1. The van der Waals surface area contributed by atoms with E-state index in [1.54, 1.807) is 6.20 Å². The molecule has 0 spiro atoms. The Morgan fingerprint density at radius 2 is 1.41 bits per heavy atom. The third kappa shape index (κ3) is 3.75. The highest BCUT2D eigenvalue weighted by Crippen LogP contribution is 2.33. The summed E-state index contributed by atoms with van der Waals surface area (Å²) in [4.78, 5) is 4.29. The lowest BCUT2D eigenvalue weighted by Crippen LogP contribution is -2.18. The van der Waals surface area contributed by atoms with Gasteiger partial charge in [-0.2, -0.15) is 0 Å². The fourth-order valence-electron chi connectivity index (χ4n) is 2.38. The molecule has 2 rings (SSSR count). The Hall–Kier alpha value is -1.67. The van der Waals surface area contributed by atoms with Crippen LogP contribution in [0.5, 0.6) is 0 Å². The smallest absolute Gasteiger partial charge is 0.121 e. The van der Waals surface area contributed by atoms with Crippen molar-refractivity contribution in [2.45, 2.75) is 58.5 Å². The maximum Gasteiger partial charge on any atom is 0.121 e. The van der Waals surface area contributed by atoms with Crippen LogP contribution in [-0.4, -0.2) is 10.1 Å². The van der Waals surface area contributed by atoms with E-state index in [1.807, 2.05) is 18.2 Å². The van der Waals surface area contributed by atoms with Crippen molar-refractivity contribution >= 4 is 0 Å². The molecule has 2 aromatic rings. The maximum atomic E-state index is 10.7. The molecule has 2 heteroatoms. The van der Waals surface area contributed by atoms with Gasteiger partial charge in [-0.15, -0.1) is 0 Å². The fourth-order valence-corrected chi connectivity index (χ4v) is 2.38. The standard InChI is InChI=1S/C20H27NO/c1-19(2,3)15-11-14(12-16(13-15)20(4,5)6)18(22)17-9-7-8-10-21-17/h7-13,18,22H,1-6H3/t18-/m1/s1. The summed E-state index contributed by atoms with van der Waals surface area (Å²) in [6.45, 7) is 13.2. The molecule has 0 fully saturated rings. The zero-order chi connectivity index (χ0) is 16.5. The van der Waals surface area contributed by atoms with E-state index in [4.69, 9.17) is 0 Å². The second kappa shape index (κ2) is 5.85. The lowest BCUT2D eigenvalue weighted by atomic mass is 9.79. The van der Waals surface area contributed by atoms with E-state index in [9.17, 15) is 5.11 Å². The topological polar surface area (TPSA) is 33.1 Å². The van der Waals surface area contributed by atoms with Crippen molar-refractivity contribution in [3.8, 4) is 0 Å². The minimum absolute atomic E-state index is 0.0415. The first-order valence-electron chi connectivity index (χ1n) is 7.84. The Morgan fingerprint density at radius 3 is 1.82 bits per heavy atom. The predicted octanol–water partition coefficient (Wildman–Crippen LogP) is 4.76. The Morgan fingerprint density at radius 1 is 0.864 bits per heavy atom. The van der Waals surface area contributed by atoms with Crippen LogP contribution in [0.3, 0.4) is 0 Å². The van der Waals surface area contributed by atoms with Crippen LogP contribution in [0.25, 0.3) is 0 Å². The van der Waals surface area contributed by atoms with Gasteiger partial charge in [0.25, 0.3) is 0 Å². The van der Waals surface area contributed by atoms with Gasteiger partial charge in [0.15, 0.2) is 0 Å². The van der Waals surface area contributed by atoms with Crippen LogP contribution in [0.2, 0.25) is 0 Å². The summed E-state index contributed by atoms with van der Waals surface area (Å²) < 4.78 is 0. The van der Waals surface area contributed by atoms with Crippen LogP contribution in [-0.2, 0) is 10.8 Å². The molecule has 0 radical (unpaired) electrons. The number of hydrogen-bond donors (Lipinski definition) is 1. The molecular formula is C20H27NO. The number of aliphatic hydroxyl groups excluding tert-OH is 1. The second-order valence-electron chi connectivity index (χ2n) is 8.00. The lowest BCUT2D eigenvalue weighted by molar-refractivity contribution is 0.215. The first-order chi connectivity index (χ1) is 10.1. The van der Waals surface area contributed by atoms with Crippen LogP contribution in [0.4, 0.5) is 0 Å². The Labute approximate surface area is 134 Å². The molecule has 118 valence electrons. The summed E-state index contributed by atoms with van der Waals surface area (Å²) in [6, 6.07) is 12.1. The number of rotatable bonds is 2. The molecular weight excluding hydrogens is 270 g/mol. The molecule has 1 atom stereocenters. The average Bonchev–Trinajstić information content (AvgIpc) is 2.45. The molecule has 0 saturated carbocycles. The molecule has 1 heterocycles. The number of nitrogens with zero attached hydrogens (tertiary/aromatic N) is 1. The van der Waals surface area contributed by atoms with Gasteiger partial charge in [-0.05, 0) is 39.7 Å². The first-order valence-corrected chi connectivity index (χ1v) is 7.84. The van der Waals surface area contributed by atoms with E-state index in [-0.39, 0.29) is 10.8 Å². The largest absolute Gasteiger partial charge is 0.382 e. The highest BCUT2D eigenvalue weighted by molar-refractivity contribution is 5.40. The average molecular weight is 297 g/mol. The number of aromatic nitrogens is 1. The quantitative estimate of drug-likeness (QED) is 0.867. The van der Waals surface area contributed by atoms with Gasteiger partial charge in [0.1, 0.15) is 6.10 Å². The van der Waals surface area contributed by atoms with Gasteiger partial charge in [0, 0.05) is 6.20 Å². The van der Waals surface area contributed by atoms with E-state index in [2.05, 4.69) is 64.7 Å². The monoisotopic (exact) mass is 297 g/mol. The van der Waals surface area contributed by atoms with Gasteiger partial charge in [0.2, 0.25) is 0 Å². The normalized spacial score (nSPS) is 14.0. The van der Waals surface area contributed by atoms with Crippen molar-refractivity contribution in [3.63, 3.8) is 0 Å². The highest BCUT2D eigenvalue weighted by atomic mass is 16.3. The van der Waals surface area contributed by atoms with Crippen molar-refractivity contribution in [1.82, 2.24) is 4.98 Å². The van der Waals surface area contributed by atoms with Gasteiger partial charge in [0.05, 0.1) is 5.69 Å². The van der Waals surface area contributed by atoms with Gasteiger partial charge < -0.3 is 5.11 Å². The third-order valence-electron chi connectivity index (χ3n) is 3.97. The van der Waals surface area contributed by atoms with E-state index >= 15 is 0 Å². The van der Waals surface area contributed by atoms with E-state index in [1.165, 1.54) is 11.1 Å². The highest BCUT2D eigenvalue weighted by Gasteiger charge is 2.23. The maximum absolute atomic E-state index is 10.7. The molecule has 2 nitrogen and oxygen atoms in total. The Kier molecular flexibility index (Phi) is 4.44. The molecule has 1 N–H and O–H groups in total. The van der Waals surface area contributed by atoms with Gasteiger partial charge in [-0.1, -0.05) is 65.8 Å². The van der Waals surface area contributed by atoms with Crippen LogP contribution in [0.1, 0.15) is 70.0 Å². The minimum Gasteiger partial charge on any atom is -0.382 e. The van der Waals surface area contributed by atoms with Crippen molar-refractivity contribution < 1.29 is 5.11 Å². The van der Waals surface area contributed by atoms with E-state index < -0.39 is 6.10 Å². The predicted molar refractivity (Wildman–Crippen MR) is 92.1 cm³/mol. The zero-order valence-corrected chi connectivity index (χ0v) is 14.5. The summed E-state index contributed by atoms with van der Waals surface area (Å²) in [7, 11) is 0. The van der Waals surface area contributed by atoms with Crippen molar-refractivity contribution in [2.24, 2.45) is 0 Å². The summed E-state index contributed by atoms with van der Waals surface area (Å²) >= 11 is 0. The number of aliphatic hydroxyl groups is 1. The Balaban J connectivity index is 2.56. The first kappa shape index (κ1) is 16.7. The van der Waals surface area contributed by atoms with Crippen molar-refractivity contribution in [1.29, 1.82) is 0 Å². The minimum atomic E-state index is -0.690. The van der Waals surface area contributed by atoms with Crippen molar-refractivity contribution in [3.05, 3.63) is 65.0 Å². The molecule has 0 amide bonds. The van der Waals surface area contributed by atoms with Crippen LogP contribution in [0.15, 0.2) is 42.6 Å². The molecule has 0 aliphatic heterocycles. The molecule has 0 saturated heterocycles. The summed E-state index contributed by atoms with van der Waals surface area (Å²) in [6.07, 6.45) is 1.03. The third-order valence-corrected chi connectivity index (χ3v) is 3.97. The summed E-state index contributed by atoms with van der Waals surface area (Å²) in [5.74, 6) is 0.